The van der Waals surface area contributed by atoms with Crippen LogP contribution in [0.15, 0.2) is 28.7 Å². The Hall–Kier alpha value is -1.48. The van der Waals surface area contributed by atoms with E-state index in [-0.39, 0.29) is 0 Å². The van der Waals surface area contributed by atoms with Crippen LogP contribution in [0.4, 0.5) is 0 Å². The summed E-state index contributed by atoms with van der Waals surface area (Å²) in [5.41, 5.74) is 0.906. The quantitative estimate of drug-likeness (QED) is 0.833. The van der Waals surface area contributed by atoms with E-state index < -0.39 is 0 Å². The van der Waals surface area contributed by atoms with Gasteiger partial charge in [-0.05, 0) is 38.2 Å². The monoisotopic (exact) mass is 205 g/mol. The van der Waals surface area contributed by atoms with E-state index in [0.717, 1.165) is 29.0 Å². The van der Waals surface area contributed by atoms with Crippen molar-refractivity contribution in [3.05, 3.63) is 30.0 Å². The van der Waals surface area contributed by atoms with Crippen molar-refractivity contribution in [3.63, 3.8) is 0 Å². The molecule has 1 aromatic carbocycles. The second-order valence-corrected chi connectivity index (χ2v) is 3.38. The molecule has 0 saturated carbocycles. The highest BCUT2D eigenvalue weighted by molar-refractivity contribution is 5.79. The van der Waals surface area contributed by atoms with Crippen LogP contribution in [0, 0.1) is 0 Å². The van der Waals surface area contributed by atoms with Gasteiger partial charge in [-0.1, -0.05) is 0 Å². The first kappa shape index (κ1) is 10.1. The minimum atomic E-state index is 0.687. The Labute approximate surface area is 89.0 Å². The molecular weight excluding hydrogens is 190 g/mol. The van der Waals surface area contributed by atoms with Gasteiger partial charge in [0, 0.05) is 5.39 Å². The number of ether oxygens (including phenoxy) is 1. The Morgan fingerprint density at radius 3 is 2.93 bits per heavy atom. The van der Waals surface area contributed by atoms with Gasteiger partial charge in [-0.25, -0.2) is 0 Å². The highest BCUT2D eigenvalue weighted by Gasteiger charge is 2.03. The highest BCUT2D eigenvalue weighted by Crippen LogP contribution is 2.24. The van der Waals surface area contributed by atoms with E-state index in [0.29, 0.717) is 6.61 Å². The van der Waals surface area contributed by atoms with E-state index in [9.17, 15) is 0 Å². The Balaban J connectivity index is 2.34. The molecule has 0 aliphatic heterocycles. The molecule has 2 aromatic rings. The minimum Gasteiger partial charge on any atom is -0.494 e. The number of furan rings is 1. The van der Waals surface area contributed by atoms with Gasteiger partial charge in [-0.2, -0.15) is 0 Å². The number of fused-ring (bicyclic) bond motifs is 1. The van der Waals surface area contributed by atoms with Crippen LogP contribution >= 0.6 is 0 Å². The van der Waals surface area contributed by atoms with Crippen molar-refractivity contribution in [2.24, 2.45) is 0 Å². The average molecular weight is 205 g/mol. The zero-order valence-corrected chi connectivity index (χ0v) is 9.04. The normalized spacial score (nSPS) is 10.8. The van der Waals surface area contributed by atoms with Gasteiger partial charge in [0.1, 0.15) is 17.1 Å². The van der Waals surface area contributed by atoms with Crippen LogP contribution in [0.2, 0.25) is 0 Å². The third-order valence-corrected chi connectivity index (χ3v) is 2.20. The first-order valence-electron chi connectivity index (χ1n) is 5.13. The SMILES string of the molecule is CCOc1ccc2oc(CNC)cc2c1. The molecule has 0 amide bonds. The van der Waals surface area contributed by atoms with Gasteiger partial charge in [0.05, 0.1) is 13.2 Å². The molecule has 0 bridgehead atoms. The maximum atomic E-state index is 5.62. The van der Waals surface area contributed by atoms with Gasteiger partial charge < -0.3 is 14.5 Å². The average Bonchev–Trinajstić information content (AvgIpc) is 2.60. The molecule has 0 radical (unpaired) electrons. The molecule has 2 rings (SSSR count). The predicted molar refractivity (Wildman–Crippen MR) is 60.1 cm³/mol. The number of benzene rings is 1. The maximum Gasteiger partial charge on any atom is 0.134 e. The molecule has 1 aromatic heterocycles. The smallest absolute Gasteiger partial charge is 0.134 e. The highest BCUT2D eigenvalue weighted by atomic mass is 16.5. The third-order valence-electron chi connectivity index (χ3n) is 2.20. The molecule has 1 N–H and O–H groups in total. The van der Waals surface area contributed by atoms with Crippen molar-refractivity contribution in [1.29, 1.82) is 0 Å². The summed E-state index contributed by atoms with van der Waals surface area (Å²) in [6.07, 6.45) is 0. The van der Waals surface area contributed by atoms with Crippen LogP contribution in [0.25, 0.3) is 11.0 Å². The molecule has 0 aliphatic rings. The standard InChI is InChI=1S/C12H15NO2/c1-3-14-10-4-5-12-9(6-10)7-11(15-12)8-13-2/h4-7,13H,3,8H2,1-2H3. The fraction of sp³-hybridized carbons (Fsp3) is 0.333. The Bertz CT molecular complexity index is 444. The fourth-order valence-electron chi connectivity index (χ4n) is 1.59. The first-order valence-corrected chi connectivity index (χ1v) is 5.13. The summed E-state index contributed by atoms with van der Waals surface area (Å²) in [6, 6.07) is 7.91. The van der Waals surface area contributed by atoms with E-state index in [1.165, 1.54) is 0 Å². The van der Waals surface area contributed by atoms with Crippen molar-refractivity contribution < 1.29 is 9.15 Å². The van der Waals surface area contributed by atoms with Gasteiger partial charge in [-0.15, -0.1) is 0 Å². The maximum absolute atomic E-state index is 5.62. The first-order chi connectivity index (χ1) is 7.33. The van der Waals surface area contributed by atoms with Crippen LogP contribution in [0.1, 0.15) is 12.7 Å². The lowest BCUT2D eigenvalue weighted by atomic mass is 10.2. The van der Waals surface area contributed by atoms with Gasteiger partial charge in [-0.3, -0.25) is 0 Å². The summed E-state index contributed by atoms with van der Waals surface area (Å²) < 4.78 is 11.0. The summed E-state index contributed by atoms with van der Waals surface area (Å²) in [5.74, 6) is 1.84. The molecule has 0 saturated heterocycles. The molecule has 1 heterocycles. The molecule has 3 heteroatoms. The molecule has 0 fully saturated rings. The number of nitrogens with one attached hydrogen (secondary N) is 1. The molecule has 0 atom stereocenters. The van der Waals surface area contributed by atoms with E-state index in [4.69, 9.17) is 9.15 Å². The number of rotatable bonds is 4. The van der Waals surface area contributed by atoms with Crippen molar-refractivity contribution in [2.45, 2.75) is 13.5 Å². The Kier molecular flexibility index (Phi) is 2.92. The Morgan fingerprint density at radius 1 is 1.33 bits per heavy atom. The zero-order chi connectivity index (χ0) is 10.7. The summed E-state index contributed by atoms with van der Waals surface area (Å²) in [6.45, 7) is 3.41. The molecule has 3 nitrogen and oxygen atoms in total. The topological polar surface area (TPSA) is 34.4 Å². The van der Waals surface area contributed by atoms with E-state index in [1.807, 2.05) is 38.2 Å². The van der Waals surface area contributed by atoms with E-state index in [1.54, 1.807) is 0 Å². The molecule has 0 aliphatic carbocycles. The zero-order valence-electron chi connectivity index (χ0n) is 9.04. The lowest BCUT2D eigenvalue weighted by Crippen LogP contribution is -2.03. The van der Waals surface area contributed by atoms with E-state index in [2.05, 4.69) is 5.32 Å². The summed E-state index contributed by atoms with van der Waals surface area (Å²) >= 11 is 0. The summed E-state index contributed by atoms with van der Waals surface area (Å²) in [7, 11) is 1.90. The predicted octanol–water partition coefficient (Wildman–Crippen LogP) is 2.55. The van der Waals surface area contributed by atoms with Gasteiger partial charge in [0.25, 0.3) is 0 Å². The minimum absolute atomic E-state index is 0.687. The molecule has 80 valence electrons. The Morgan fingerprint density at radius 2 is 2.20 bits per heavy atom. The van der Waals surface area contributed by atoms with Gasteiger partial charge in [0.2, 0.25) is 0 Å². The van der Waals surface area contributed by atoms with Crippen LogP contribution < -0.4 is 10.1 Å². The number of hydrogen-bond acceptors (Lipinski definition) is 3. The van der Waals surface area contributed by atoms with Crippen molar-refractivity contribution in [1.82, 2.24) is 5.32 Å². The summed E-state index contributed by atoms with van der Waals surface area (Å²) in [5, 5.41) is 4.15. The van der Waals surface area contributed by atoms with Crippen LogP contribution in [-0.2, 0) is 6.54 Å². The summed E-state index contributed by atoms with van der Waals surface area (Å²) in [4.78, 5) is 0. The lowest BCUT2D eigenvalue weighted by Gasteiger charge is -2.00. The second kappa shape index (κ2) is 4.36. The van der Waals surface area contributed by atoms with E-state index >= 15 is 0 Å². The number of hydrogen-bond donors (Lipinski definition) is 1. The largest absolute Gasteiger partial charge is 0.494 e. The van der Waals surface area contributed by atoms with Crippen LogP contribution in [0.5, 0.6) is 5.75 Å². The molecule has 15 heavy (non-hydrogen) atoms. The lowest BCUT2D eigenvalue weighted by molar-refractivity contribution is 0.340. The van der Waals surface area contributed by atoms with Crippen molar-refractivity contribution in [2.75, 3.05) is 13.7 Å². The van der Waals surface area contributed by atoms with Gasteiger partial charge in [0.15, 0.2) is 0 Å². The van der Waals surface area contributed by atoms with Gasteiger partial charge >= 0.3 is 0 Å². The fourth-order valence-corrected chi connectivity index (χ4v) is 1.59. The van der Waals surface area contributed by atoms with Crippen LogP contribution in [-0.4, -0.2) is 13.7 Å². The van der Waals surface area contributed by atoms with Crippen molar-refractivity contribution >= 4 is 11.0 Å². The molecular formula is C12H15NO2. The third kappa shape index (κ3) is 2.13. The van der Waals surface area contributed by atoms with Crippen LogP contribution in [0.3, 0.4) is 0 Å². The molecule has 0 spiro atoms. The second-order valence-electron chi connectivity index (χ2n) is 3.38. The molecule has 0 unspecified atom stereocenters. The van der Waals surface area contributed by atoms with Crippen molar-refractivity contribution in [3.8, 4) is 5.75 Å².